The molecule has 0 saturated heterocycles. The standard InChI is InChI=1S/C29H24Cl2F2N2O6/c30-21-12-34-13-22(31)19(21)10-25(17-7-8-24(41-29(32)33)26(9-17)38-14-16-5-6-16)40-27(36)15-39-28(37)20-11-35-23-4-2-1-3-18(20)23/h1-4,7-9,11-13,16,25,29,35H,5-6,10,14-15H2/p+1/t25-/m0/s1. The first-order chi connectivity index (χ1) is 19.8. The van der Waals surface area contributed by atoms with Crippen molar-refractivity contribution in [1.82, 2.24) is 4.98 Å². The molecule has 2 aromatic carbocycles. The van der Waals surface area contributed by atoms with E-state index < -0.39 is 31.3 Å². The molecular formula is C29H25Cl2F2N2O6+. The molecule has 1 aliphatic rings. The van der Waals surface area contributed by atoms with Gasteiger partial charge in [0.1, 0.15) is 16.1 Å². The molecule has 2 aromatic heterocycles. The lowest BCUT2D eigenvalue weighted by atomic mass is 10.0. The van der Waals surface area contributed by atoms with E-state index in [-0.39, 0.29) is 23.5 Å². The van der Waals surface area contributed by atoms with Crippen LogP contribution in [-0.4, -0.2) is 36.7 Å². The van der Waals surface area contributed by atoms with Crippen LogP contribution in [0.25, 0.3) is 10.9 Å². The van der Waals surface area contributed by atoms with Gasteiger partial charge in [-0.3, -0.25) is 0 Å². The summed E-state index contributed by atoms with van der Waals surface area (Å²) >= 11 is 12.7. The highest BCUT2D eigenvalue weighted by Gasteiger charge is 2.27. The third kappa shape index (κ3) is 7.25. The third-order valence-electron chi connectivity index (χ3n) is 6.52. The summed E-state index contributed by atoms with van der Waals surface area (Å²) < 4.78 is 47.4. The van der Waals surface area contributed by atoms with Crippen LogP contribution in [0.5, 0.6) is 11.5 Å². The molecule has 1 aliphatic carbocycles. The first-order valence-corrected chi connectivity index (χ1v) is 13.5. The molecule has 0 bridgehead atoms. The lowest BCUT2D eigenvalue weighted by Crippen LogP contribution is -2.21. The van der Waals surface area contributed by atoms with Crippen LogP contribution in [0.1, 0.15) is 40.4 Å². The van der Waals surface area contributed by atoms with Crippen molar-refractivity contribution in [2.24, 2.45) is 5.92 Å². The molecule has 0 amide bonds. The maximum atomic E-state index is 13.0. The number of fused-ring (bicyclic) bond motifs is 1. The molecule has 1 atom stereocenters. The van der Waals surface area contributed by atoms with Gasteiger partial charge in [-0.15, -0.1) is 0 Å². The Kier molecular flexibility index (Phi) is 8.90. The minimum atomic E-state index is -3.05. The van der Waals surface area contributed by atoms with Gasteiger partial charge in [0, 0.05) is 29.1 Å². The molecule has 1 saturated carbocycles. The van der Waals surface area contributed by atoms with Crippen LogP contribution in [0, 0.1) is 5.92 Å². The molecule has 0 radical (unpaired) electrons. The van der Waals surface area contributed by atoms with E-state index >= 15 is 0 Å². The van der Waals surface area contributed by atoms with Gasteiger partial charge < -0.3 is 23.9 Å². The predicted octanol–water partition coefficient (Wildman–Crippen LogP) is 6.36. The van der Waals surface area contributed by atoms with Crippen molar-refractivity contribution >= 4 is 46.0 Å². The van der Waals surface area contributed by atoms with E-state index in [2.05, 4.69) is 14.7 Å². The lowest BCUT2D eigenvalue weighted by Gasteiger charge is -2.21. The Balaban J connectivity index is 1.36. The zero-order valence-electron chi connectivity index (χ0n) is 21.5. The molecule has 2 heterocycles. The molecule has 0 spiro atoms. The lowest BCUT2D eigenvalue weighted by molar-refractivity contribution is -0.377. The fourth-order valence-electron chi connectivity index (χ4n) is 4.24. The van der Waals surface area contributed by atoms with E-state index in [4.69, 9.17) is 37.4 Å². The summed E-state index contributed by atoms with van der Waals surface area (Å²) in [7, 11) is 0. The summed E-state index contributed by atoms with van der Waals surface area (Å²) in [6.07, 6.45) is 5.57. The zero-order valence-corrected chi connectivity index (χ0v) is 23.0. The number of benzene rings is 2. The third-order valence-corrected chi connectivity index (χ3v) is 7.19. The van der Waals surface area contributed by atoms with Crippen LogP contribution >= 0.6 is 23.2 Å². The van der Waals surface area contributed by atoms with Gasteiger partial charge in [-0.2, -0.15) is 8.78 Å². The quantitative estimate of drug-likeness (QED) is 0.188. The predicted molar refractivity (Wildman–Crippen MR) is 145 cm³/mol. The summed E-state index contributed by atoms with van der Waals surface area (Å²) in [4.78, 5) is 31.4. The van der Waals surface area contributed by atoms with Gasteiger partial charge in [-0.05, 0) is 42.5 Å². The number of H-pyrrole nitrogens is 2. The van der Waals surface area contributed by atoms with E-state index in [1.165, 1.54) is 36.8 Å². The summed E-state index contributed by atoms with van der Waals surface area (Å²) in [5.74, 6) is -1.26. The van der Waals surface area contributed by atoms with Crippen LogP contribution in [-0.2, 0) is 20.7 Å². The Morgan fingerprint density at radius 1 is 1.05 bits per heavy atom. The fraction of sp³-hybridized carbons (Fsp3) is 0.276. The van der Waals surface area contributed by atoms with E-state index in [9.17, 15) is 18.4 Å². The Labute approximate surface area is 243 Å². The molecule has 4 aromatic rings. The first-order valence-electron chi connectivity index (χ1n) is 12.8. The van der Waals surface area contributed by atoms with Crippen LogP contribution in [0.3, 0.4) is 0 Å². The van der Waals surface area contributed by atoms with E-state index in [1.54, 1.807) is 12.1 Å². The van der Waals surface area contributed by atoms with Crippen LogP contribution < -0.4 is 14.5 Å². The smallest absolute Gasteiger partial charge is 0.387 e. The van der Waals surface area contributed by atoms with Crippen molar-refractivity contribution in [2.75, 3.05) is 13.2 Å². The SMILES string of the molecule is O=C(COC(=O)c1c[nH]c2ccccc12)O[C@@H](Cc1c(Cl)c[nH+]cc1Cl)c1ccc(OC(F)F)c(OCC2CC2)c1. The molecule has 1 fully saturated rings. The molecule has 2 N–H and O–H groups in total. The van der Waals surface area contributed by atoms with Crippen molar-refractivity contribution in [2.45, 2.75) is 32.0 Å². The van der Waals surface area contributed by atoms with Gasteiger partial charge in [0.05, 0.1) is 12.2 Å². The highest BCUT2D eigenvalue weighted by molar-refractivity contribution is 6.35. The van der Waals surface area contributed by atoms with Crippen molar-refractivity contribution in [3.63, 3.8) is 0 Å². The largest absolute Gasteiger partial charge is 0.489 e. The number of carbonyl (C=O) groups is 2. The minimum Gasteiger partial charge on any atom is -0.489 e. The van der Waals surface area contributed by atoms with Gasteiger partial charge in [0.15, 0.2) is 30.5 Å². The Morgan fingerprint density at radius 3 is 2.54 bits per heavy atom. The Hall–Kier alpha value is -3.89. The monoisotopic (exact) mass is 605 g/mol. The van der Waals surface area contributed by atoms with Crippen molar-refractivity contribution in [3.8, 4) is 11.5 Å². The minimum absolute atomic E-state index is 0.0333. The number of pyridine rings is 1. The number of hydrogen-bond donors (Lipinski definition) is 1. The second-order valence-corrected chi connectivity index (χ2v) is 10.3. The average Bonchev–Trinajstić information content (AvgIpc) is 3.68. The van der Waals surface area contributed by atoms with E-state index in [1.807, 2.05) is 12.1 Å². The number of ether oxygens (including phenoxy) is 4. The molecule has 214 valence electrons. The van der Waals surface area contributed by atoms with Gasteiger partial charge in [0.25, 0.3) is 0 Å². The van der Waals surface area contributed by atoms with Gasteiger partial charge >= 0.3 is 18.6 Å². The molecule has 8 nitrogen and oxygen atoms in total. The maximum Gasteiger partial charge on any atom is 0.387 e. The van der Waals surface area contributed by atoms with Crippen molar-refractivity contribution in [1.29, 1.82) is 0 Å². The molecule has 41 heavy (non-hydrogen) atoms. The number of carbonyl (C=O) groups excluding carboxylic acids is 2. The number of alkyl halides is 2. The number of aromatic amines is 2. The highest BCUT2D eigenvalue weighted by atomic mass is 35.5. The number of esters is 2. The summed E-state index contributed by atoms with van der Waals surface area (Å²) in [5, 5.41) is 1.25. The van der Waals surface area contributed by atoms with Gasteiger partial charge in [-0.25, -0.2) is 14.6 Å². The molecule has 12 heteroatoms. The second kappa shape index (κ2) is 12.7. The van der Waals surface area contributed by atoms with Crippen molar-refractivity contribution in [3.05, 3.63) is 87.8 Å². The van der Waals surface area contributed by atoms with E-state index in [0.717, 1.165) is 18.4 Å². The number of aromatic nitrogens is 2. The topological polar surface area (TPSA) is 101 Å². The average molecular weight is 606 g/mol. The Morgan fingerprint density at radius 2 is 1.80 bits per heavy atom. The molecule has 5 rings (SSSR count). The second-order valence-electron chi connectivity index (χ2n) is 9.48. The number of hydrogen-bond acceptors (Lipinski definition) is 6. The summed E-state index contributed by atoms with van der Waals surface area (Å²) in [5.41, 5.74) is 1.91. The van der Waals surface area contributed by atoms with E-state index in [0.29, 0.717) is 39.1 Å². The number of halogens is 4. The molecule has 0 unspecified atom stereocenters. The van der Waals surface area contributed by atoms with Gasteiger partial charge in [0.2, 0.25) is 0 Å². The molecule has 0 aliphatic heterocycles. The van der Waals surface area contributed by atoms with Crippen LogP contribution in [0.2, 0.25) is 10.0 Å². The van der Waals surface area contributed by atoms with Crippen LogP contribution in [0.4, 0.5) is 8.78 Å². The van der Waals surface area contributed by atoms with Crippen LogP contribution in [0.15, 0.2) is 61.1 Å². The highest BCUT2D eigenvalue weighted by Crippen LogP contribution is 2.37. The van der Waals surface area contributed by atoms with Gasteiger partial charge in [-0.1, -0.05) is 47.5 Å². The Bertz CT molecular complexity index is 1540. The number of nitrogens with one attached hydrogen (secondary N) is 2. The summed E-state index contributed by atoms with van der Waals surface area (Å²) in [6.45, 7) is -3.39. The summed E-state index contributed by atoms with van der Waals surface area (Å²) in [6, 6.07) is 11.5. The van der Waals surface area contributed by atoms with Crippen molar-refractivity contribution < 1.29 is 42.3 Å². The molecular weight excluding hydrogens is 581 g/mol. The first kappa shape index (κ1) is 28.6. The number of rotatable bonds is 12. The maximum absolute atomic E-state index is 13.0. The fourth-order valence-corrected chi connectivity index (χ4v) is 4.78. The zero-order chi connectivity index (χ0) is 28.9. The number of para-hydroxylation sites is 1. The normalized spacial score (nSPS) is 13.7.